The molecule has 1 unspecified atom stereocenters. The van der Waals surface area contributed by atoms with Crippen LogP contribution in [-0.4, -0.2) is 56.0 Å². The summed E-state index contributed by atoms with van der Waals surface area (Å²) in [5.41, 5.74) is 0. The minimum absolute atomic E-state index is 0.00266. The number of amides is 2. The first kappa shape index (κ1) is 16.2. The molecule has 0 radical (unpaired) electrons. The van der Waals surface area contributed by atoms with Gasteiger partial charge in [0.25, 0.3) is 0 Å². The van der Waals surface area contributed by atoms with E-state index in [1.807, 2.05) is 0 Å². The molecule has 7 nitrogen and oxygen atoms in total. The van der Waals surface area contributed by atoms with Gasteiger partial charge in [0.1, 0.15) is 0 Å². The highest BCUT2D eigenvalue weighted by Gasteiger charge is 2.30. The molecule has 21 heavy (non-hydrogen) atoms. The van der Waals surface area contributed by atoms with Gasteiger partial charge in [0.15, 0.2) is 0 Å². The molecule has 2 heterocycles. The standard InChI is InChI=1S/C13H23N3O4S/c1-2-21(19,20)16-7-5-11(6-8-16)15-13(18)10-3-4-12(17)14-9-10/h10-11H,2-9H2,1H3,(H,14,17)(H,15,18). The van der Waals surface area contributed by atoms with Crippen LogP contribution in [0.4, 0.5) is 0 Å². The monoisotopic (exact) mass is 317 g/mol. The third-order valence-corrected chi connectivity index (χ3v) is 6.08. The van der Waals surface area contributed by atoms with Crippen molar-refractivity contribution in [1.82, 2.24) is 14.9 Å². The van der Waals surface area contributed by atoms with Crippen molar-refractivity contribution in [1.29, 1.82) is 0 Å². The Hall–Kier alpha value is -1.15. The highest BCUT2D eigenvalue weighted by atomic mass is 32.2. The lowest BCUT2D eigenvalue weighted by molar-refractivity contribution is -0.129. The summed E-state index contributed by atoms with van der Waals surface area (Å²) in [4.78, 5) is 23.2. The Kier molecular flexibility index (Phi) is 5.21. The Labute approximate surface area is 125 Å². The van der Waals surface area contributed by atoms with Crippen LogP contribution in [0.3, 0.4) is 0 Å². The van der Waals surface area contributed by atoms with E-state index in [0.717, 1.165) is 0 Å². The van der Waals surface area contributed by atoms with Crippen LogP contribution in [0.2, 0.25) is 0 Å². The van der Waals surface area contributed by atoms with Gasteiger partial charge in [-0.1, -0.05) is 0 Å². The van der Waals surface area contributed by atoms with Gasteiger partial charge >= 0.3 is 0 Å². The van der Waals surface area contributed by atoms with Gasteiger partial charge in [-0.3, -0.25) is 9.59 Å². The minimum Gasteiger partial charge on any atom is -0.355 e. The summed E-state index contributed by atoms with van der Waals surface area (Å²) < 4.78 is 25.0. The molecule has 2 N–H and O–H groups in total. The highest BCUT2D eigenvalue weighted by Crippen LogP contribution is 2.16. The van der Waals surface area contributed by atoms with Gasteiger partial charge in [-0.2, -0.15) is 0 Å². The maximum Gasteiger partial charge on any atom is 0.225 e. The van der Waals surface area contributed by atoms with Crippen molar-refractivity contribution in [2.75, 3.05) is 25.4 Å². The molecule has 2 aliphatic heterocycles. The number of carbonyl (C=O) groups excluding carboxylic acids is 2. The average Bonchev–Trinajstić information content (AvgIpc) is 2.48. The number of nitrogens with zero attached hydrogens (tertiary/aromatic N) is 1. The highest BCUT2D eigenvalue weighted by molar-refractivity contribution is 7.89. The molecule has 0 aromatic rings. The molecule has 0 bridgehead atoms. The molecular weight excluding hydrogens is 294 g/mol. The molecule has 120 valence electrons. The lowest BCUT2D eigenvalue weighted by Gasteiger charge is -2.32. The Balaban J connectivity index is 1.78. The number of rotatable bonds is 4. The van der Waals surface area contributed by atoms with E-state index in [-0.39, 0.29) is 29.5 Å². The van der Waals surface area contributed by atoms with E-state index in [1.54, 1.807) is 6.92 Å². The van der Waals surface area contributed by atoms with Crippen molar-refractivity contribution in [2.24, 2.45) is 5.92 Å². The molecule has 0 aromatic carbocycles. The zero-order valence-electron chi connectivity index (χ0n) is 12.3. The Bertz CT molecular complexity index is 488. The molecule has 2 saturated heterocycles. The number of nitrogens with one attached hydrogen (secondary N) is 2. The third-order valence-electron chi connectivity index (χ3n) is 4.19. The van der Waals surface area contributed by atoms with Crippen molar-refractivity contribution >= 4 is 21.8 Å². The van der Waals surface area contributed by atoms with E-state index in [2.05, 4.69) is 10.6 Å². The van der Waals surface area contributed by atoms with Crippen molar-refractivity contribution in [2.45, 2.75) is 38.6 Å². The van der Waals surface area contributed by atoms with Gasteiger partial charge < -0.3 is 10.6 Å². The molecule has 0 aromatic heterocycles. The normalized spacial score (nSPS) is 25.4. The molecular formula is C13H23N3O4S. The number of hydrogen-bond acceptors (Lipinski definition) is 4. The fourth-order valence-corrected chi connectivity index (χ4v) is 3.87. The van der Waals surface area contributed by atoms with E-state index < -0.39 is 10.0 Å². The SMILES string of the molecule is CCS(=O)(=O)N1CCC(NC(=O)C2CCC(=O)NC2)CC1. The predicted molar refractivity (Wildman–Crippen MR) is 77.9 cm³/mol. The van der Waals surface area contributed by atoms with E-state index in [9.17, 15) is 18.0 Å². The van der Waals surface area contributed by atoms with Crippen LogP contribution >= 0.6 is 0 Å². The van der Waals surface area contributed by atoms with Gasteiger partial charge in [-0.05, 0) is 26.2 Å². The van der Waals surface area contributed by atoms with Crippen molar-refractivity contribution in [3.05, 3.63) is 0 Å². The summed E-state index contributed by atoms with van der Waals surface area (Å²) in [5, 5.41) is 5.68. The summed E-state index contributed by atoms with van der Waals surface area (Å²) in [6.07, 6.45) is 2.26. The Morgan fingerprint density at radius 1 is 1.33 bits per heavy atom. The van der Waals surface area contributed by atoms with Crippen LogP contribution in [0.5, 0.6) is 0 Å². The summed E-state index contributed by atoms with van der Waals surface area (Å²) in [6, 6.07) is 0.0263. The minimum atomic E-state index is -3.13. The fourth-order valence-electron chi connectivity index (χ4n) is 2.74. The second-order valence-corrected chi connectivity index (χ2v) is 7.88. The number of hydrogen-bond donors (Lipinski definition) is 2. The molecule has 0 saturated carbocycles. The molecule has 2 aliphatic rings. The number of piperidine rings is 2. The molecule has 2 rings (SSSR count). The van der Waals surface area contributed by atoms with Crippen molar-refractivity contribution in [3.8, 4) is 0 Å². The lowest BCUT2D eigenvalue weighted by Crippen LogP contribution is -2.50. The van der Waals surface area contributed by atoms with Crippen molar-refractivity contribution < 1.29 is 18.0 Å². The maximum absolute atomic E-state index is 12.1. The molecule has 0 spiro atoms. The first-order valence-corrected chi connectivity index (χ1v) is 9.08. The Morgan fingerprint density at radius 3 is 2.52 bits per heavy atom. The van der Waals surface area contributed by atoms with Crippen LogP contribution in [0, 0.1) is 5.92 Å². The second kappa shape index (κ2) is 6.74. The molecule has 8 heteroatoms. The zero-order valence-corrected chi connectivity index (χ0v) is 13.1. The van der Waals surface area contributed by atoms with Crippen LogP contribution in [0.25, 0.3) is 0 Å². The third kappa shape index (κ3) is 4.16. The largest absolute Gasteiger partial charge is 0.355 e. The van der Waals surface area contributed by atoms with Gasteiger partial charge in [0.2, 0.25) is 21.8 Å². The topological polar surface area (TPSA) is 95.6 Å². The predicted octanol–water partition coefficient (Wildman–Crippen LogP) is -0.557. The van der Waals surface area contributed by atoms with E-state index in [0.29, 0.717) is 45.3 Å². The first-order valence-electron chi connectivity index (χ1n) is 7.47. The zero-order chi connectivity index (χ0) is 15.5. The molecule has 1 atom stereocenters. The van der Waals surface area contributed by atoms with Crippen LogP contribution in [0.1, 0.15) is 32.6 Å². The van der Waals surface area contributed by atoms with Gasteiger partial charge in [-0.25, -0.2) is 12.7 Å². The van der Waals surface area contributed by atoms with Crippen LogP contribution in [0.15, 0.2) is 0 Å². The van der Waals surface area contributed by atoms with Gasteiger partial charge in [-0.15, -0.1) is 0 Å². The maximum atomic E-state index is 12.1. The van der Waals surface area contributed by atoms with Gasteiger partial charge in [0, 0.05) is 32.1 Å². The van der Waals surface area contributed by atoms with Crippen LogP contribution < -0.4 is 10.6 Å². The first-order chi connectivity index (χ1) is 9.92. The van der Waals surface area contributed by atoms with Crippen molar-refractivity contribution in [3.63, 3.8) is 0 Å². The fraction of sp³-hybridized carbons (Fsp3) is 0.846. The van der Waals surface area contributed by atoms with E-state index in [1.165, 1.54) is 4.31 Å². The lowest BCUT2D eigenvalue weighted by atomic mass is 9.97. The molecule has 2 amide bonds. The summed E-state index contributed by atoms with van der Waals surface area (Å²) >= 11 is 0. The second-order valence-electron chi connectivity index (χ2n) is 5.62. The average molecular weight is 317 g/mol. The van der Waals surface area contributed by atoms with Gasteiger partial charge in [0.05, 0.1) is 11.7 Å². The van der Waals surface area contributed by atoms with Crippen LogP contribution in [-0.2, 0) is 19.6 Å². The number of carbonyl (C=O) groups is 2. The van der Waals surface area contributed by atoms with E-state index in [4.69, 9.17) is 0 Å². The summed E-state index contributed by atoms with van der Waals surface area (Å²) in [7, 11) is -3.13. The summed E-state index contributed by atoms with van der Waals surface area (Å²) in [5.74, 6) is -0.0877. The quantitative estimate of drug-likeness (QED) is 0.727. The molecule has 0 aliphatic carbocycles. The number of sulfonamides is 1. The molecule has 2 fully saturated rings. The summed E-state index contributed by atoms with van der Waals surface area (Å²) in [6.45, 7) is 2.96. The smallest absolute Gasteiger partial charge is 0.225 e. The van der Waals surface area contributed by atoms with E-state index >= 15 is 0 Å². The Morgan fingerprint density at radius 2 is 2.00 bits per heavy atom.